The first-order valence-electron chi connectivity index (χ1n) is 5.79. The standard InChI is InChI=1S/C11H17F3INO3/c1-10(2,3)19-9(17)16-5-7(4-15)18-8(6-16)11(12,13)14/h7-8H,4-6H2,1-3H3. The number of rotatable bonds is 1. The molecule has 1 aliphatic rings. The molecule has 0 radical (unpaired) electrons. The Morgan fingerprint density at radius 3 is 2.37 bits per heavy atom. The summed E-state index contributed by atoms with van der Waals surface area (Å²) in [6, 6.07) is 0. The molecule has 0 N–H and O–H groups in total. The van der Waals surface area contributed by atoms with E-state index in [1.807, 2.05) is 22.6 Å². The van der Waals surface area contributed by atoms with E-state index in [1.54, 1.807) is 20.8 Å². The molecule has 0 saturated carbocycles. The summed E-state index contributed by atoms with van der Waals surface area (Å²) in [6.45, 7) is 4.60. The molecule has 2 unspecified atom stereocenters. The van der Waals surface area contributed by atoms with E-state index in [0.29, 0.717) is 4.43 Å². The Hall–Kier alpha value is -0.250. The van der Waals surface area contributed by atoms with Crippen LogP contribution < -0.4 is 0 Å². The highest BCUT2D eigenvalue weighted by Crippen LogP contribution is 2.28. The number of alkyl halides is 4. The van der Waals surface area contributed by atoms with Gasteiger partial charge < -0.3 is 14.4 Å². The molecule has 8 heteroatoms. The van der Waals surface area contributed by atoms with Crippen LogP contribution in [0.5, 0.6) is 0 Å². The highest BCUT2D eigenvalue weighted by molar-refractivity contribution is 14.1. The van der Waals surface area contributed by atoms with Gasteiger partial charge in [0.1, 0.15) is 5.60 Å². The van der Waals surface area contributed by atoms with E-state index in [2.05, 4.69) is 0 Å². The number of carbonyl (C=O) groups is 1. The van der Waals surface area contributed by atoms with Crippen LogP contribution in [-0.4, -0.2) is 52.5 Å². The first-order valence-corrected chi connectivity index (χ1v) is 7.31. The van der Waals surface area contributed by atoms with Gasteiger partial charge in [-0.2, -0.15) is 13.2 Å². The van der Waals surface area contributed by atoms with Crippen molar-refractivity contribution >= 4 is 28.7 Å². The van der Waals surface area contributed by atoms with Gasteiger partial charge in [-0.3, -0.25) is 0 Å². The minimum Gasteiger partial charge on any atom is -0.444 e. The number of morpholine rings is 1. The van der Waals surface area contributed by atoms with Crippen molar-refractivity contribution in [2.75, 3.05) is 17.5 Å². The fourth-order valence-corrected chi connectivity index (χ4v) is 2.07. The SMILES string of the molecule is CC(C)(C)OC(=O)N1CC(CI)OC(C(F)(F)F)C1. The first kappa shape index (κ1) is 16.8. The molecule has 112 valence electrons. The molecule has 1 aliphatic heterocycles. The van der Waals surface area contributed by atoms with Gasteiger partial charge in [0.2, 0.25) is 0 Å². The number of hydrogen-bond donors (Lipinski definition) is 0. The maximum absolute atomic E-state index is 12.7. The highest BCUT2D eigenvalue weighted by Gasteiger charge is 2.47. The fourth-order valence-electron chi connectivity index (χ4n) is 1.58. The molecule has 0 aromatic rings. The van der Waals surface area contributed by atoms with E-state index in [-0.39, 0.29) is 6.54 Å². The molecule has 2 atom stereocenters. The van der Waals surface area contributed by atoms with Crippen LogP contribution in [0.4, 0.5) is 18.0 Å². The van der Waals surface area contributed by atoms with Gasteiger partial charge >= 0.3 is 12.3 Å². The van der Waals surface area contributed by atoms with Gasteiger partial charge in [-0.05, 0) is 20.8 Å². The van der Waals surface area contributed by atoms with Gasteiger partial charge in [-0.1, -0.05) is 22.6 Å². The summed E-state index contributed by atoms with van der Waals surface area (Å²) in [4.78, 5) is 12.9. The lowest BCUT2D eigenvalue weighted by Crippen LogP contribution is -2.56. The quantitative estimate of drug-likeness (QED) is 0.506. The maximum atomic E-state index is 12.7. The fraction of sp³-hybridized carbons (Fsp3) is 0.909. The summed E-state index contributed by atoms with van der Waals surface area (Å²) < 4.78 is 48.6. The van der Waals surface area contributed by atoms with E-state index >= 15 is 0 Å². The van der Waals surface area contributed by atoms with Crippen molar-refractivity contribution in [3.8, 4) is 0 Å². The van der Waals surface area contributed by atoms with Crippen LogP contribution in [0.1, 0.15) is 20.8 Å². The molecule has 0 aromatic heterocycles. The number of nitrogens with zero attached hydrogens (tertiary/aromatic N) is 1. The van der Waals surface area contributed by atoms with Crippen molar-refractivity contribution < 1.29 is 27.4 Å². The Kier molecular flexibility index (Phi) is 5.33. The van der Waals surface area contributed by atoms with Gasteiger partial charge in [0, 0.05) is 4.43 Å². The summed E-state index contributed by atoms with van der Waals surface area (Å²) in [5.41, 5.74) is -0.733. The van der Waals surface area contributed by atoms with Crippen LogP contribution >= 0.6 is 22.6 Å². The highest BCUT2D eigenvalue weighted by atomic mass is 127. The van der Waals surface area contributed by atoms with E-state index in [9.17, 15) is 18.0 Å². The third-order valence-corrected chi connectivity index (χ3v) is 3.34. The third-order valence-electron chi connectivity index (χ3n) is 2.36. The average Bonchev–Trinajstić information content (AvgIpc) is 2.25. The summed E-state index contributed by atoms with van der Waals surface area (Å²) in [6.07, 6.45) is -7.80. The van der Waals surface area contributed by atoms with Gasteiger partial charge in [0.25, 0.3) is 0 Å². The summed E-state index contributed by atoms with van der Waals surface area (Å²) in [5.74, 6) is 0. The van der Waals surface area contributed by atoms with Crippen LogP contribution in [0.25, 0.3) is 0 Å². The minimum absolute atomic E-state index is 0.116. The van der Waals surface area contributed by atoms with Crippen LogP contribution in [0.15, 0.2) is 0 Å². The number of carbonyl (C=O) groups excluding carboxylic acids is 1. The summed E-state index contributed by atoms with van der Waals surface area (Å²) in [7, 11) is 0. The van der Waals surface area contributed by atoms with E-state index in [4.69, 9.17) is 9.47 Å². The second-order valence-electron chi connectivity index (χ2n) is 5.33. The molecule has 19 heavy (non-hydrogen) atoms. The third kappa shape index (κ3) is 5.33. The van der Waals surface area contributed by atoms with Crippen molar-refractivity contribution in [1.29, 1.82) is 0 Å². The molecule has 1 amide bonds. The molecule has 0 spiro atoms. The molecule has 4 nitrogen and oxygen atoms in total. The lowest BCUT2D eigenvalue weighted by atomic mass is 10.2. The number of hydrogen-bond acceptors (Lipinski definition) is 3. The molecular weight excluding hydrogens is 378 g/mol. The molecule has 0 aromatic carbocycles. The molecule has 0 bridgehead atoms. The average molecular weight is 395 g/mol. The Balaban J connectivity index is 2.75. The zero-order chi connectivity index (χ0) is 14.8. The Bertz CT molecular complexity index is 330. The van der Waals surface area contributed by atoms with Crippen LogP contribution in [0.3, 0.4) is 0 Å². The minimum atomic E-state index is -4.48. The van der Waals surface area contributed by atoms with Gasteiger partial charge in [0.15, 0.2) is 6.10 Å². The molecule has 1 rings (SSSR count). The lowest BCUT2D eigenvalue weighted by molar-refractivity contribution is -0.247. The second kappa shape index (κ2) is 6.02. The molecule has 0 aliphatic carbocycles. The van der Waals surface area contributed by atoms with Crippen molar-refractivity contribution in [3.05, 3.63) is 0 Å². The molecular formula is C11H17F3INO3. The Morgan fingerprint density at radius 2 is 1.95 bits per heavy atom. The predicted molar refractivity (Wildman–Crippen MR) is 71.4 cm³/mol. The topological polar surface area (TPSA) is 38.8 Å². The van der Waals surface area contributed by atoms with Gasteiger partial charge in [-0.15, -0.1) is 0 Å². The van der Waals surface area contributed by atoms with Gasteiger partial charge in [0.05, 0.1) is 19.2 Å². The largest absolute Gasteiger partial charge is 0.444 e. The van der Waals surface area contributed by atoms with Crippen molar-refractivity contribution in [2.24, 2.45) is 0 Å². The van der Waals surface area contributed by atoms with Crippen LogP contribution in [-0.2, 0) is 9.47 Å². The lowest BCUT2D eigenvalue weighted by Gasteiger charge is -2.38. The second-order valence-corrected chi connectivity index (χ2v) is 6.21. The van der Waals surface area contributed by atoms with Crippen LogP contribution in [0.2, 0.25) is 0 Å². The zero-order valence-electron chi connectivity index (χ0n) is 11.0. The number of halogens is 4. The van der Waals surface area contributed by atoms with E-state index in [1.165, 1.54) is 0 Å². The smallest absolute Gasteiger partial charge is 0.416 e. The monoisotopic (exact) mass is 395 g/mol. The summed E-state index contributed by atoms with van der Waals surface area (Å²) >= 11 is 1.94. The van der Waals surface area contributed by atoms with Gasteiger partial charge in [-0.25, -0.2) is 4.79 Å². The first-order chi connectivity index (χ1) is 8.53. The van der Waals surface area contributed by atoms with E-state index in [0.717, 1.165) is 4.90 Å². The van der Waals surface area contributed by atoms with Crippen molar-refractivity contribution in [2.45, 2.75) is 44.8 Å². The normalized spacial score (nSPS) is 25.3. The van der Waals surface area contributed by atoms with Crippen LogP contribution in [0, 0.1) is 0 Å². The Labute approximate surface area is 123 Å². The number of amides is 1. The molecule has 1 fully saturated rings. The predicted octanol–water partition coefficient (Wildman–Crippen LogP) is 2.99. The zero-order valence-corrected chi connectivity index (χ0v) is 13.1. The van der Waals surface area contributed by atoms with Crippen molar-refractivity contribution in [3.63, 3.8) is 0 Å². The van der Waals surface area contributed by atoms with Crippen molar-refractivity contribution in [1.82, 2.24) is 4.90 Å². The van der Waals surface area contributed by atoms with E-state index < -0.39 is 36.6 Å². The number of ether oxygens (including phenoxy) is 2. The summed E-state index contributed by atoms with van der Waals surface area (Å²) in [5, 5.41) is 0. The Morgan fingerprint density at radius 1 is 1.37 bits per heavy atom. The maximum Gasteiger partial charge on any atom is 0.416 e. The molecule has 1 saturated heterocycles. The molecule has 1 heterocycles.